The Morgan fingerprint density at radius 1 is 1.06 bits per heavy atom. The van der Waals surface area contributed by atoms with E-state index in [1.807, 2.05) is 4.90 Å². The molecule has 3 fully saturated rings. The van der Waals surface area contributed by atoms with E-state index in [4.69, 9.17) is 0 Å². The van der Waals surface area contributed by atoms with E-state index in [0.717, 1.165) is 4.90 Å². The lowest BCUT2D eigenvalue weighted by Gasteiger charge is -2.32. The number of benzene rings is 3. The van der Waals surface area contributed by atoms with Gasteiger partial charge in [0.1, 0.15) is 12.5 Å². The number of nitrogens with zero attached hydrogens (tertiary/aromatic N) is 4. The highest BCUT2D eigenvalue weighted by molar-refractivity contribution is 6.22. The van der Waals surface area contributed by atoms with Crippen molar-refractivity contribution in [1.82, 2.24) is 10.2 Å². The molecule has 3 aliphatic heterocycles. The summed E-state index contributed by atoms with van der Waals surface area (Å²) in [6, 6.07) is 13.3. The number of halogens is 1. The highest BCUT2D eigenvalue weighted by Gasteiger charge is 2.73. The molecule has 3 aromatic carbocycles. The first-order valence-corrected chi connectivity index (χ1v) is 11.5. The quantitative estimate of drug-likeness (QED) is 0.322. The maximum absolute atomic E-state index is 14.0. The van der Waals surface area contributed by atoms with Crippen molar-refractivity contribution in [2.75, 3.05) is 24.7 Å². The Bertz CT molecular complexity index is 1460. The van der Waals surface area contributed by atoms with E-state index < -0.39 is 24.0 Å². The molecule has 3 unspecified atom stereocenters. The highest BCUT2D eigenvalue weighted by Crippen LogP contribution is 2.45. The lowest BCUT2D eigenvalue weighted by atomic mass is 10.1. The molecule has 182 valence electrons. The molecule has 0 radical (unpaired) electrons. The second-order valence-corrected chi connectivity index (χ2v) is 9.36. The number of anilines is 1. The van der Waals surface area contributed by atoms with Crippen LogP contribution in [0.25, 0.3) is 10.8 Å². The van der Waals surface area contributed by atoms with Gasteiger partial charge in [-0.15, -0.1) is 0 Å². The fraction of sp³-hybridized carbons (Fsp3) is 0.240. The normalized spacial score (nSPS) is 26.5. The first-order chi connectivity index (χ1) is 17.3. The topological polar surface area (TPSA) is 110 Å². The minimum atomic E-state index is -0.772. The van der Waals surface area contributed by atoms with E-state index in [-0.39, 0.29) is 40.0 Å². The summed E-state index contributed by atoms with van der Waals surface area (Å²) < 4.78 is 12.9. The molecule has 3 heterocycles. The summed E-state index contributed by atoms with van der Waals surface area (Å²) in [6.07, 6.45) is 0. The van der Waals surface area contributed by atoms with Gasteiger partial charge in [0.05, 0.1) is 29.1 Å². The van der Waals surface area contributed by atoms with Crippen molar-refractivity contribution < 1.29 is 33.4 Å². The molecule has 6 rings (SSSR count). The number of fused-ring (bicyclic) bond motifs is 2. The van der Waals surface area contributed by atoms with E-state index in [0.29, 0.717) is 35.1 Å². The molecule has 10 nitrogen and oxygen atoms in total. The predicted molar refractivity (Wildman–Crippen MR) is 124 cm³/mol. The number of piperazine rings is 1. The number of imide groups is 1. The van der Waals surface area contributed by atoms with Crippen LogP contribution in [0, 0.1) is 10.7 Å². The Balaban J connectivity index is 1.34. The largest absolute Gasteiger partial charge is 0.433 e. The van der Waals surface area contributed by atoms with Gasteiger partial charge in [0.25, 0.3) is 16.7 Å². The van der Waals surface area contributed by atoms with Gasteiger partial charge in [0.2, 0.25) is 0 Å². The van der Waals surface area contributed by atoms with Crippen LogP contribution in [-0.2, 0) is 16.1 Å². The van der Waals surface area contributed by atoms with Gasteiger partial charge in [-0.3, -0.25) is 9.59 Å². The molecule has 36 heavy (non-hydrogen) atoms. The Labute approximate surface area is 204 Å². The van der Waals surface area contributed by atoms with Crippen LogP contribution in [0.15, 0.2) is 60.7 Å². The number of urea groups is 1. The molecule has 4 amide bonds. The van der Waals surface area contributed by atoms with E-state index >= 15 is 0 Å². The maximum Gasteiger partial charge on any atom is 0.433 e. The number of hydrogen-bond donors (Lipinski definition) is 2. The summed E-state index contributed by atoms with van der Waals surface area (Å²) in [5, 5.41) is 13.2. The molecule has 1 spiro atoms. The molecule has 11 heteroatoms. The van der Waals surface area contributed by atoms with Gasteiger partial charge in [-0.2, -0.15) is 4.90 Å². The Morgan fingerprint density at radius 2 is 1.78 bits per heavy atom. The second kappa shape index (κ2) is 7.90. The average Bonchev–Trinajstić information content (AvgIpc) is 3.51. The van der Waals surface area contributed by atoms with Crippen molar-refractivity contribution in [3.63, 3.8) is 0 Å². The number of quaternary nitrogens is 1. The minimum absolute atomic E-state index is 0.00798. The van der Waals surface area contributed by atoms with Crippen LogP contribution < -0.4 is 10.2 Å². The lowest BCUT2D eigenvalue weighted by molar-refractivity contribution is -0.853. The summed E-state index contributed by atoms with van der Waals surface area (Å²) in [4.78, 5) is 55.3. The number of carbonyl (C=O) groups excluding carboxylic acids is 3. The van der Waals surface area contributed by atoms with E-state index in [1.165, 1.54) is 24.3 Å². The highest BCUT2D eigenvalue weighted by atomic mass is 19.1. The van der Waals surface area contributed by atoms with Crippen LogP contribution in [0.3, 0.4) is 0 Å². The first-order valence-electron chi connectivity index (χ1n) is 11.5. The summed E-state index contributed by atoms with van der Waals surface area (Å²) in [5.74, 6) is -1.13. The monoisotopic (exact) mass is 491 g/mol. The van der Waals surface area contributed by atoms with Crippen molar-refractivity contribution in [3.8, 4) is 0 Å². The first kappa shape index (κ1) is 22.3. The molecule has 0 saturated carbocycles. The molecule has 4 atom stereocenters. The van der Waals surface area contributed by atoms with Crippen LogP contribution in [0.5, 0.6) is 0 Å². The molecular weight excluding hydrogens is 469 g/mol. The van der Waals surface area contributed by atoms with Crippen LogP contribution in [-0.4, -0.2) is 69.2 Å². The summed E-state index contributed by atoms with van der Waals surface area (Å²) in [7, 11) is 0. The molecule has 3 aliphatic rings. The fourth-order valence-corrected chi connectivity index (χ4v) is 5.80. The predicted octanol–water partition coefficient (Wildman–Crippen LogP) is 2.40. The third-order valence-corrected chi connectivity index (χ3v) is 7.47. The van der Waals surface area contributed by atoms with Crippen LogP contribution in [0.4, 0.5) is 20.6 Å². The zero-order chi connectivity index (χ0) is 25.2. The standard InChI is InChI=1S/C25H21FN5O5/c26-16-7-5-15(6-8-16)11-27-23(32)21-12-28-13-22-24(33)29(25(34)31(21,22)14-28)19-9-10-20(30(35)36)18-4-2-1-3-17(18)19/h1-10,21-22H,11-14H2,(H-,27,32,35,36)/q+1/p+1. The second-order valence-electron chi connectivity index (χ2n) is 9.36. The maximum atomic E-state index is 14.0. The third-order valence-electron chi connectivity index (χ3n) is 7.47. The molecule has 3 saturated heterocycles. The fourth-order valence-electron chi connectivity index (χ4n) is 5.80. The molecule has 2 N–H and O–H groups in total. The van der Waals surface area contributed by atoms with Gasteiger partial charge >= 0.3 is 11.7 Å². The molecule has 3 aromatic rings. The van der Waals surface area contributed by atoms with Gasteiger partial charge in [0, 0.05) is 18.0 Å². The molecular formula is C25H22FN5O5+2. The van der Waals surface area contributed by atoms with Crippen molar-refractivity contribution in [2.45, 2.75) is 18.6 Å². The zero-order valence-corrected chi connectivity index (χ0v) is 19.0. The average molecular weight is 491 g/mol. The van der Waals surface area contributed by atoms with Crippen molar-refractivity contribution in [2.24, 2.45) is 0 Å². The van der Waals surface area contributed by atoms with Gasteiger partial charge in [-0.25, -0.2) is 23.8 Å². The van der Waals surface area contributed by atoms with Crippen LogP contribution in [0.2, 0.25) is 0 Å². The Hall–Kier alpha value is -4.22. The van der Waals surface area contributed by atoms with Crippen LogP contribution >= 0.6 is 0 Å². The van der Waals surface area contributed by atoms with E-state index in [2.05, 4.69) is 5.32 Å². The van der Waals surface area contributed by atoms with Gasteiger partial charge < -0.3 is 5.32 Å². The molecule has 0 aliphatic carbocycles. The van der Waals surface area contributed by atoms with Gasteiger partial charge in [-0.05, 0) is 29.8 Å². The number of rotatable bonds is 5. The number of nitrogens with one attached hydrogen (secondary N) is 1. The molecule has 0 aromatic heterocycles. The Kier molecular flexibility index (Phi) is 4.88. The lowest BCUT2D eigenvalue weighted by Crippen LogP contribution is -2.64. The van der Waals surface area contributed by atoms with Crippen LogP contribution in [0.1, 0.15) is 5.56 Å². The number of hydrogen-bond acceptors (Lipinski definition) is 5. The summed E-state index contributed by atoms with van der Waals surface area (Å²) in [6.45, 7) is 1.13. The van der Waals surface area contributed by atoms with E-state index in [9.17, 15) is 28.9 Å². The Morgan fingerprint density at radius 3 is 2.50 bits per heavy atom. The van der Waals surface area contributed by atoms with E-state index in [1.54, 1.807) is 36.4 Å². The van der Waals surface area contributed by atoms with Gasteiger partial charge in [-0.1, -0.05) is 30.3 Å². The third kappa shape index (κ3) is 3.06. The zero-order valence-electron chi connectivity index (χ0n) is 19.0. The smallest absolute Gasteiger partial charge is 0.347 e. The SMILES string of the molecule is O=C(NCc1ccc(F)cc1)C1C[N@@]2CC3C(=O)N(c4ccc([N+](=O)O)c5ccccc45)C(=O)[N+]13C2. The van der Waals surface area contributed by atoms with Crippen molar-refractivity contribution in [3.05, 3.63) is 77.0 Å². The van der Waals surface area contributed by atoms with Crippen molar-refractivity contribution in [1.29, 1.82) is 0 Å². The minimum Gasteiger partial charge on any atom is -0.347 e. The number of carbonyl (C=O) groups is 3. The summed E-state index contributed by atoms with van der Waals surface area (Å²) in [5.41, 5.74) is 1.01. The molecule has 2 bridgehead atoms. The van der Waals surface area contributed by atoms with Crippen molar-refractivity contribution >= 4 is 40.0 Å². The number of amides is 4. The summed E-state index contributed by atoms with van der Waals surface area (Å²) >= 11 is 0. The van der Waals surface area contributed by atoms with Gasteiger partial charge in [0.15, 0.2) is 12.1 Å².